The lowest BCUT2D eigenvalue weighted by Gasteiger charge is -2.35. The van der Waals surface area contributed by atoms with Crippen LogP contribution in [0.4, 0.5) is 5.69 Å². The minimum atomic E-state index is -0.562. The molecule has 2 N–H and O–H groups in total. The van der Waals surface area contributed by atoms with Gasteiger partial charge in [0, 0.05) is 79.9 Å². The number of hydrogen-bond acceptors (Lipinski definition) is 5. The van der Waals surface area contributed by atoms with Crippen molar-refractivity contribution in [1.29, 1.82) is 0 Å². The van der Waals surface area contributed by atoms with Gasteiger partial charge in [0.05, 0.1) is 6.10 Å². The minimum absolute atomic E-state index is 0.106. The Morgan fingerprint density at radius 3 is 2.43 bits per heavy atom. The number of aromatic nitrogens is 2. The summed E-state index contributed by atoms with van der Waals surface area (Å²) in [7, 11) is 3.88. The number of H-pyrrole nitrogens is 1. The Morgan fingerprint density at radius 1 is 1.05 bits per heavy atom. The van der Waals surface area contributed by atoms with E-state index in [2.05, 4.69) is 53.0 Å². The van der Waals surface area contributed by atoms with E-state index in [0.29, 0.717) is 12.1 Å². The number of piperazine rings is 1. The number of amides is 1. The maximum atomic E-state index is 12.7. The van der Waals surface area contributed by atoms with Gasteiger partial charge in [0.25, 0.3) is 5.91 Å². The molecule has 1 aliphatic rings. The first kappa shape index (κ1) is 25.0. The van der Waals surface area contributed by atoms with Crippen molar-refractivity contribution in [3.63, 3.8) is 0 Å². The molecule has 2 aromatic heterocycles. The Kier molecular flexibility index (Phi) is 7.00. The molecule has 0 bridgehead atoms. The number of pyridine rings is 1. The molecule has 1 amide bonds. The maximum Gasteiger partial charge on any atom is 0.253 e. The fourth-order valence-electron chi connectivity index (χ4n) is 5.13. The number of nitrogens with zero attached hydrogens (tertiary/aromatic N) is 4. The number of aliphatic hydroxyl groups is 1. The van der Waals surface area contributed by atoms with Crippen LogP contribution in [-0.4, -0.2) is 83.7 Å². The van der Waals surface area contributed by atoms with Crippen molar-refractivity contribution in [3.8, 4) is 22.3 Å². The van der Waals surface area contributed by atoms with Crippen LogP contribution in [-0.2, 0) is 0 Å². The van der Waals surface area contributed by atoms with Gasteiger partial charge in [-0.2, -0.15) is 0 Å². The molecule has 5 rings (SSSR count). The molecule has 3 heterocycles. The van der Waals surface area contributed by atoms with E-state index in [1.807, 2.05) is 36.7 Å². The molecule has 1 atom stereocenters. The highest BCUT2D eigenvalue weighted by atomic mass is 16.3. The molecule has 0 saturated carbocycles. The predicted octanol–water partition coefficient (Wildman–Crippen LogP) is 4.41. The van der Waals surface area contributed by atoms with Gasteiger partial charge >= 0.3 is 0 Å². The second-order valence-corrected chi connectivity index (χ2v) is 10.2. The van der Waals surface area contributed by atoms with Gasteiger partial charge in [-0.05, 0) is 67.9 Å². The number of carbonyl (C=O) groups excluding carboxylic acids is 1. The first-order valence-corrected chi connectivity index (χ1v) is 12.9. The number of hydrogen-bond donors (Lipinski definition) is 2. The van der Waals surface area contributed by atoms with Crippen LogP contribution in [0.3, 0.4) is 0 Å². The molecule has 1 aliphatic heterocycles. The highest BCUT2D eigenvalue weighted by Gasteiger charge is 2.17. The van der Waals surface area contributed by atoms with Crippen molar-refractivity contribution >= 4 is 22.6 Å². The molecule has 1 fully saturated rings. The first-order chi connectivity index (χ1) is 17.8. The van der Waals surface area contributed by atoms with Crippen LogP contribution in [0.1, 0.15) is 22.8 Å². The quantitative estimate of drug-likeness (QED) is 0.413. The smallest absolute Gasteiger partial charge is 0.253 e. The molecular formula is C30H35N5O2. The third kappa shape index (κ3) is 5.24. The summed E-state index contributed by atoms with van der Waals surface area (Å²) in [6.07, 6.45) is 3.33. The van der Waals surface area contributed by atoms with E-state index in [1.54, 1.807) is 18.9 Å². The lowest BCUT2D eigenvalue weighted by Crippen LogP contribution is -2.44. The number of fused-ring (bicyclic) bond motifs is 1. The zero-order valence-corrected chi connectivity index (χ0v) is 22.0. The molecule has 192 valence electrons. The predicted molar refractivity (Wildman–Crippen MR) is 150 cm³/mol. The Morgan fingerprint density at radius 2 is 1.76 bits per heavy atom. The van der Waals surface area contributed by atoms with Gasteiger partial charge < -0.3 is 24.8 Å². The van der Waals surface area contributed by atoms with E-state index >= 15 is 0 Å². The van der Waals surface area contributed by atoms with Crippen molar-refractivity contribution in [2.45, 2.75) is 20.0 Å². The molecule has 1 saturated heterocycles. The van der Waals surface area contributed by atoms with Crippen LogP contribution in [0.2, 0.25) is 0 Å². The van der Waals surface area contributed by atoms with Gasteiger partial charge in [0.1, 0.15) is 5.65 Å². The normalized spacial score (nSPS) is 15.2. The molecular weight excluding hydrogens is 462 g/mol. The summed E-state index contributed by atoms with van der Waals surface area (Å²) in [4.78, 5) is 27.0. The molecule has 0 radical (unpaired) electrons. The first-order valence-electron chi connectivity index (χ1n) is 12.9. The minimum Gasteiger partial charge on any atom is -0.392 e. The lowest BCUT2D eigenvalue weighted by molar-refractivity contribution is 0.0703. The van der Waals surface area contributed by atoms with Crippen LogP contribution < -0.4 is 4.90 Å². The van der Waals surface area contributed by atoms with E-state index in [1.165, 1.54) is 11.3 Å². The van der Waals surface area contributed by atoms with Crippen LogP contribution in [0.25, 0.3) is 33.3 Å². The van der Waals surface area contributed by atoms with E-state index in [0.717, 1.165) is 59.5 Å². The van der Waals surface area contributed by atoms with Crippen molar-refractivity contribution in [2.24, 2.45) is 0 Å². The Hall–Kier alpha value is -3.68. The Bertz CT molecular complexity index is 1400. The Labute approximate surface area is 218 Å². The average Bonchev–Trinajstić information content (AvgIpc) is 3.32. The number of aromatic amines is 1. The second-order valence-electron chi connectivity index (χ2n) is 10.2. The van der Waals surface area contributed by atoms with Gasteiger partial charge in [0.15, 0.2) is 0 Å². The third-order valence-electron chi connectivity index (χ3n) is 7.23. The summed E-state index contributed by atoms with van der Waals surface area (Å²) < 4.78 is 0. The standard InChI is InChI=1S/C30H35N5O2/c1-20-15-24(9-10-28(20)35-13-11-33(3)12-14-35)25-16-26-27(18-32-29(26)31-17-25)22-5-7-23(8-6-22)30(37)34(4)19-21(2)36/h5-10,15-18,21,36H,11-14,19H2,1-4H3,(H,31,32)/t21-/m0/s1. The summed E-state index contributed by atoms with van der Waals surface area (Å²) in [5.74, 6) is -0.106. The summed E-state index contributed by atoms with van der Waals surface area (Å²) in [6, 6.07) is 16.5. The SMILES string of the molecule is Cc1cc(-c2cnc3[nH]cc(-c4ccc(C(=O)N(C)C[C@H](C)O)cc4)c3c2)ccc1N1CCN(C)CC1. The second kappa shape index (κ2) is 10.4. The number of aryl methyl sites for hydroxylation is 1. The molecule has 0 aliphatic carbocycles. The van der Waals surface area contributed by atoms with Crippen molar-refractivity contribution in [1.82, 2.24) is 19.8 Å². The number of anilines is 1. The van der Waals surface area contributed by atoms with E-state index in [-0.39, 0.29) is 5.91 Å². The van der Waals surface area contributed by atoms with E-state index in [9.17, 15) is 9.90 Å². The molecule has 7 heteroatoms. The number of aliphatic hydroxyl groups excluding tert-OH is 1. The monoisotopic (exact) mass is 497 g/mol. The van der Waals surface area contributed by atoms with E-state index in [4.69, 9.17) is 4.98 Å². The highest BCUT2D eigenvalue weighted by Crippen LogP contribution is 2.33. The zero-order valence-electron chi connectivity index (χ0n) is 22.0. The summed E-state index contributed by atoms with van der Waals surface area (Å²) in [5, 5.41) is 10.6. The molecule has 37 heavy (non-hydrogen) atoms. The number of rotatable bonds is 6. The van der Waals surface area contributed by atoms with Gasteiger partial charge in [-0.1, -0.05) is 18.2 Å². The molecule has 4 aromatic rings. The maximum absolute atomic E-state index is 12.7. The molecule has 7 nitrogen and oxygen atoms in total. The molecule has 0 spiro atoms. The fraction of sp³-hybridized carbons (Fsp3) is 0.333. The lowest BCUT2D eigenvalue weighted by atomic mass is 9.99. The summed E-state index contributed by atoms with van der Waals surface area (Å²) in [6.45, 7) is 8.45. The van der Waals surface area contributed by atoms with Crippen LogP contribution in [0.15, 0.2) is 60.9 Å². The largest absolute Gasteiger partial charge is 0.392 e. The van der Waals surface area contributed by atoms with Crippen molar-refractivity contribution in [3.05, 3.63) is 72.1 Å². The summed E-state index contributed by atoms with van der Waals surface area (Å²) in [5.41, 5.74) is 8.31. The third-order valence-corrected chi connectivity index (χ3v) is 7.23. The van der Waals surface area contributed by atoms with Crippen molar-refractivity contribution in [2.75, 3.05) is 51.7 Å². The summed E-state index contributed by atoms with van der Waals surface area (Å²) >= 11 is 0. The van der Waals surface area contributed by atoms with Gasteiger partial charge in [-0.3, -0.25) is 4.79 Å². The number of nitrogens with one attached hydrogen (secondary N) is 1. The van der Waals surface area contributed by atoms with Crippen LogP contribution in [0.5, 0.6) is 0 Å². The average molecular weight is 498 g/mol. The number of benzene rings is 2. The number of likely N-dealkylation sites (N-methyl/N-ethyl adjacent to an activating group) is 2. The van der Waals surface area contributed by atoms with E-state index < -0.39 is 6.10 Å². The highest BCUT2D eigenvalue weighted by molar-refractivity contribution is 5.98. The van der Waals surface area contributed by atoms with Gasteiger partial charge in [0.2, 0.25) is 0 Å². The van der Waals surface area contributed by atoms with Crippen molar-refractivity contribution < 1.29 is 9.90 Å². The Balaban J connectivity index is 1.40. The van der Waals surface area contributed by atoms with Crippen LogP contribution >= 0.6 is 0 Å². The molecule has 2 aromatic carbocycles. The number of carbonyl (C=O) groups is 1. The van der Waals surface area contributed by atoms with Gasteiger partial charge in [-0.25, -0.2) is 4.98 Å². The zero-order chi connectivity index (χ0) is 26.1. The van der Waals surface area contributed by atoms with Gasteiger partial charge in [-0.15, -0.1) is 0 Å². The topological polar surface area (TPSA) is 75.7 Å². The molecule has 0 unspecified atom stereocenters. The van der Waals surface area contributed by atoms with Crippen LogP contribution in [0, 0.1) is 6.92 Å². The fourth-order valence-corrected chi connectivity index (χ4v) is 5.13.